The molecular weight excluding hydrogens is 598 g/mol. The first kappa shape index (κ1) is 31.9. The van der Waals surface area contributed by atoms with Gasteiger partial charge in [0.05, 0.1) is 4.92 Å². The Morgan fingerprint density at radius 3 is 2.48 bits per heavy atom. The second kappa shape index (κ2) is 13.3. The number of rotatable bonds is 12. The maximum absolute atomic E-state index is 13.3. The normalized spacial score (nSPS) is 16.6. The predicted molar refractivity (Wildman–Crippen MR) is 148 cm³/mol. The average Bonchev–Trinajstić information content (AvgIpc) is 3.40. The standard InChI is InChI=1S/C24H26ClN7O9S/c1-12(33)26-19-18(21(36)31(19)4)29-20(35)17(15-11-42-23(27-15)28-16(34)9-25)30-41-24(2,3)22(37)40-10-13-5-7-14(8-6-13)32(38)39/h5-8,11,18-19H,9-10H2,1-4H3,(H,26,33)(H,29,35)(H,27,28,34)/t18-,19-/m1/s1. The summed E-state index contributed by atoms with van der Waals surface area (Å²) in [6.07, 6.45) is -0.819. The van der Waals surface area contributed by atoms with Crippen LogP contribution in [0.3, 0.4) is 0 Å². The van der Waals surface area contributed by atoms with Gasteiger partial charge >= 0.3 is 5.97 Å². The molecule has 1 aliphatic heterocycles. The minimum absolute atomic E-state index is 0.0615. The third-order valence-electron chi connectivity index (χ3n) is 5.69. The molecular formula is C24H26ClN7O9S. The molecule has 42 heavy (non-hydrogen) atoms. The number of carbonyl (C=O) groups excluding carboxylic acids is 5. The molecule has 4 amide bonds. The van der Waals surface area contributed by atoms with E-state index in [0.29, 0.717) is 5.56 Å². The summed E-state index contributed by atoms with van der Waals surface area (Å²) in [5, 5.41) is 23.6. The number of hydrogen-bond acceptors (Lipinski definition) is 12. The molecule has 0 radical (unpaired) electrons. The summed E-state index contributed by atoms with van der Waals surface area (Å²) in [7, 11) is 1.45. The number of nitrogens with one attached hydrogen (secondary N) is 3. The van der Waals surface area contributed by atoms with Gasteiger partial charge in [0, 0.05) is 31.5 Å². The van der Waals surface area contributed by atoms with Crippen molar-refractivity contribution in [3.05, 3.63) is 51.0 Å². The minimum Gasteiger partial charge on any atom is -0.458 e. The predicted octanol–water partition coefficient (Wildman–Crippen LogP) is 0.890. The summed E-state index contributed by atoms with van der Waals surface area (Å²) in [4.78, 5) is 82.6. The lowest BCUT2D eigenvalue weighted by Crippen LogP contribution is -2.75. The third kappa shape index (κ3) is 7.76. The Kier molecular flexibility index (Phi) is 10.1. The average molecular weight is 624 g/mol. The minimum atomic E-state index is -1.73. The second-order valence-corrected chi connectivity index (χ2v) is 10.4. The number of anilines is 1. The molecule has 3 rings (SSSR count). The number of nitrogens with zero attached hydrogens (tertiary/aromatic N) is 4. The van der Waals surface area contributed by atoms with E-state index in [9.17, 15) is 34.1 Å². The van der Waals surface area contributed by atoms with E-state index in [1.165, 1.54) is 62.4 Å². The lowest BCUT2D eigenvalue weighted by atomic mass is 10.0. The van der Waals surface area contributed by atoms with Crippen LogP contribution in [0.1, 0.15) is 32.0 Å². The van der Waals surface area contributed by atoms with Crippen LogP contribution in [-0.2, 0) is 40.2 Å². The number of amides is 4. The molecule has 0 spiro atoms. The first-order valence-corrected chi connectivity index (χ1v) is 13.5. The number of oxime groups is 1. The van der Waals surface area contributed by atoms with E-state index in [1.54, 1.807) is 0 Å². The topological polar surface area (TPSA) is 212 Å². The number of aromatic nitrogens is 1. The number of alkyl halides is 1. The number of non-ortho nitro benzene ring substituents is 1. The van der Waals surface area contributed by atoms with Crippen LogP contribution in [0.15, 0.2) is 34.8 Å². The molecule has 224 valence electrons. The highest BCUT2D eigenvalue weighted by molar-refractivity contribution is 7.14. The fourth-order valence-corrected chi connectivity index (χ4v) is 4.18. The Hall–Kier alpha value is -4.64. The number of nitro groups is 1. The number of likely N-dealkylation sites (N-methyl/N-ethyl adjacent to an activating group) is 1. The fraction of sp³-hybridized carbons (Fsp3) is 0.375. The number of carbonyl (C=O) groups is 5. The van der Waals surface area contributed by atoms with Gasteiger partial charge in [-0.3, -0.25) is 29.3 Å². The Morgan fingerprint density at radius 2 is 1.88 bits per heavy atom. The van der Waals surface area contributed by atoms with Gasteiger partial charge in [-0.25, -0.2) is 9.78 Å². The SMILES string of the molecule is CC(=O)N[C@H]1[C@@H](NC(=O)C(=NOC(C)(C)C(=O)OCc2ccc([N+](=O)[O-])cc2)c2csc(NC(=O)CCl)n2)C(=O)N1C. The highest BCUT2D eigenvalue weighted by Gasteiger charge is 2.47. The van der Waals surface area contributed by atoms with Gasteiger partial charge in [0.15, 0.2) is 10.8 Å². The fourth-order valence-electron chi connectivity index (χ4n) is 3.40. The van der Waals surface area contributed by atoms with Gasteiger partial charge in [-0.05, 0) is 31.5 Å². The molecule has 0 bridgehead atoms. The maximum atomic E-state index is 13.3. The van der Waals surface area contributed by atoms with Crippen molar-refractivity contribution in [2.75, 3.05) is 18.2 Å². The number of thiazole rings is 1. The number of halogens is 1. The van der Waals surface area contributed by atoms with Crippen molar-refractivity contribution in [1.82, 2.24) is 20.5 Å². The summed E-state index contributed by atoms with van der Waals surface area (Å²) in [5.41, 5.74) is -1.89. The summed E-state index contributed by atoms with van der Waals surface area (Å²) in [6, 6.07) is 4.26. The van der Waals surface area contributed by atoms with Gasteiger partial charge in [-0.2, -0.15) is 0 Å². The Labute approximate surface area is 247 Å². The van der Waals surface area contributed by atoms with Gasteiger partial charge in [0.1, 0.15) is 30.4 Å². The molecule has 2 atom stereocenters. The largest absolute Gasteiger partial charge is 0.458 e. The first-order valence-electron chi connectivity index (χ1n) is 12.1. The van der Waals surface area contributed by atoms with Crippen LogP contribution in [0.5, 0.6) is 0 Å². The van der Waals surface area contributed by atoms with Gasteiger partial charge in [-0.15, -0.1) is 22.9 Å². The Morgan fingerprint density at radius 1 is 1.21 bits per heavy atom. The second-order valence-electron chi connectivity index (χ2n) is 9.31. The van der Waals surface area contributed by atoms with Crippen molar-refractivity contribution >= 4 is 69.1 Å². The number of likely N-dealkylation sites (tertiary alicyclic amines) is 1. The van der Waals surface area contributed by atoms with Crippen LogP contribution >= 0.6 is 22.9 Å². The molecule has 2 aromatic rings. The molecule has 1 aromatic heterocycles. The third-order valence-corrected chi connectivity index (χ3v) is 6.69. The number of esters is 1. The van der Waals surface area contributed by atoms with E-state index in [0.717, 1.165) is 11.3 Å². The lowest BCUT2D eigenvalue weighted by molar-refractivity contribution is -0.384. The van der Waals surface area contributed by atoms with E-state index >= 15 is 0 Å². The summed E-state index contributed by atoms with van der Waals surface area (Å²) in [6.45, 7) is 3.69. The molecule has 1 fully saturated rings. The van der Waals surface area contributed by atoms with Crippen LogP contribution in [0.4, 0.5) is 10.8 Å². The Balaban J connectivity index is 1.79. The highest BCUT2D eigenvalue weighted by Crippen LogP contribution is 2.21. The molecule has 18 heteroatoms. The van der Waals surface area contributed by atoms with Gasteiger partial charge < -0.3 is 30.4 Å². The van der Waals surface area contributed by atoms with Crippen molar-refractivity contribution in [1.29, 1.82) is 0 Å². The van der Waals surface area contributed by atoms with Crippen LogP contribution in [0.2, 0.25) is 0 Å². The number of benzene rings is 1. The number of hydrogen-bond donors (Lipinski definition) is 3. The summed E-state index contributed by atoms with van der Waals surface area (Å²) in [5.74, 6) is -3.59. The van der Waals surface area contributed by atoms with Crippen molar-refractivity contribution in [2.24, 2.45) is 5.16 Å². The van der Waals surface area contributed by atoms with Gasteiger partial charge in [-0.1, -0.05) is 5.16 Å². The van der Waals surface area contributed by atoms with Crippen LogP contribution in [-0.4, -0.2) is 80.9 Å². The van der Waals surface area contributed by atoms with Crippen molar-refractivity contribution in [3.8, 4) is 0 Å². The van der Waals surface area contributed by atoms with Crippen LogP contribution in [0, 0.1) is 10.1 Å². The zero-order valence-corrected chi connectivity index (χ0v) is 24.3. The zero-order chi connectivity index (χ0) is 31.2. The number of nitro benzene ring substituents is 1. The summed E-state index contributed by atoms with van der Waals surface area (Å²) >= 11 is 6.46. The van der Waals surface area contributed by atoms with Crippen molar-refractivity contribution < 1.29 is 38.5 Å². The highest BCUT2D eigenvalue weighted by atomic mass is 35.5. The van der Waals surface area contributed by atoms with E-state index in [1.807, 2.05) is 0 Å². The molecule has 3 N–H and O–H groups in total. The molecule has 0 aliphatic carbocycles. The first-order chi connectivity index (χ1) is 19.7. The van der Waals surface area contributed by atoms with E-state index in [4.69, 9.17) is 21.2 Å². The lowest BCUT2D eigenvalue weighted by Gasteiger charge is -2.44. The van der Waals surface area contributed by atoms with E-state index < -0.39 is 58.0 Å². The van der Waals surface area contributed by atoms with Crippen LogP contribution < -0.4 is 16.0 Å². The van der Waals surface area contributed by atoms with Crippen molar-refractivity contribution in [3.63, 3.8) is 0 Å². The van der Waals surface area contributed by atoms with Crippen LogP contribution in [0.25, 0.3) is 0 Å². The molecule has 1 saturated heterocycles. The molecule has 1 aromatic carbocycles. The van der Waals surface area contributed by atoms with E-state index in [-0.39, 0.29) is 29.0 Å². The Bertz CT molecular complexity index is 1430. The van der Waals surface area contributed by atoms with Gasteiger partial charge in [0.25, 0.3) is 17.5 Å². The molecule has 0 saturated carbocycles. The monoisotopic (exact) mass is 623 g/mol. The number of β-lactam (4-membered cyclic amide) rings is 1. The van der Waals surface area contributed by atoms with E-state index in [2.05, 4.69) is 26.1 Å². The quantitative estimate of drug-likeness (QED) is 0.0758. The maximum Gasteiger partial charge on any atom is 0.353 e. The van der Waals surface area contributed by atoms with Crippen molar-refractivity contribution in [2.45, 2.75) is 45.2 Å². The zero-order valence-electron chi connectivity index (χ0n) is 22.7. The molecule has 16 nitrogen and oxygen atoms in total. The summed E-state index contributed by atoms with van der Waals surface area (Å²) < 4.78 is 5.25. The molecule has 2 heterocycles. The molecule has 1 aliphatic rings. The van der Waals surface area contributed by atoms with Gasteiger partial charge in [0.2, 0.25) is 17.4 Å². The number of ether oxygens (including phenoxy) is 1. The molecule has 0 unspecified atom stereocenters. The smallest absolute Gasteiger partial charge is 0.353 e.